The number of carbonyl (C=O) groups excluding carboxylic acids is 1. The van der Waals surface area contributed by atoms with Crippen LogP contribution in [0.25, 0.3) is 0 Å². The molecule has 1 amide bonds. The molecule has 1 aromatic heterocycles. The maximum atomic E-state index is 12.5. The highest BCUT2D eigenvalue weighted by Crippen LogP contribution is 2.33. The lowest BCUT2D eigenvalue weighted by atomic mass is 10.0. The minimum Gasteiger partial charge on any atom is -0.336 e. The first-order chi connectivity index (χ1) is 11.4. The second-order valence-corrected chi connectivity index (χ2v) is 9.30. The smallest absolute Gasteiger partial charge is 0.224 e. The Morgan fingerprint density at radius 3 is 2.67 bits per heavy atom. The molecule has 6 heteroatoms. The fraction of sp³-hybridized carbons (Fsp3) is 0.389. The standard InChI is InChI=1S/C18H21NO3S2/c1-13-3-5-15(6-4-13)24(21,22)12-9-18(20)19-10-7-17-16(14(19)2)8-11-23-17/h3-6,8,11,14H,7,9-10,12H2,1-2H3/t14-/m0/s1. The van der Waals surface area contributed by atoms with Gasteiger partial charge in [-0.15, -0.1) is 11.3 Å². The van der Waals surface area contributed by atoms with Crippen molar-refractivity contribution in [3.05, 3.63) is 51.7 Å². The summed E-state index contributed by atoms with van der Waals surface area (Å²) >= 11 is 1.73. The average molecular weight is 364 g/mol. The molecule has 0 bridgehead atoms. The number of hydrogen-bond donors (Lipinski definition) is 0. The number of fused-ring (bicyclic) bond motifs is 1. The number of thiophene rings is 1. The molecule has 1 atom stereocenters. The topological polar surface area (TPSA) is 54.5 Å². The molecule has 1 aliphatic rings. The van der Waals surface area contributed by atoms with Crippen molar-refractivity contribution in [2.24, 2.45) is 0 Å². The van der Waals surface area contributed by atoms with Gasteiger partial charge < -0.3 is 4.90 Å². The van der Waals surface area contributed by atoms with Gasteiger partial charge in [-0.05, 0) is 49.4 Å². The van der Waals surface area contributed by atoms with E-state index in [1.165, 1.54) is 10.4 Å². The Morgan fingerprint density at radius 2 is 1.96 bits per heavy atom. The van der Waals surface area contributed by atoms with Gasteiger partial charge in [-0.25, -0.2) is 8.42 Å². The SMILES string of the molecule is Cc1ccc(S(=O)(=O)CCC(=O)N2CCc3sccc3[C@@H]2C)cc1. The maximum absolute atomic E-state index is 12.5. The van der Waals surface area contributed by atoms with Crippen LogP contribution in [-0.2, 0) is 21.1 Å². The Hall–Kier alpha value is -1.66. The van der Waals surface area contributed by atoms with Gasteiger partial charge in [0.25, 0.3) is 0 Å². The zero-order valence-corrected chi connectivity index (χ0v) is 15.5. The highest BCUT2D eigenvalue weighted by Gasteiger charge is 2.29. The van der Waals surface area contributed by atoms with Gasteiger partial charge in [0.15, 0.2) is 9.84 Å². The van der Waals surface area contributed by atoms with Crippen molar-refractivity contribution in [3.63, 3.8) is 0 Å². The number of sulfone groups is 1. The predicted molar refractivity (Wildman–Crippen MR) is 96.0 cm³/mol. The van der Waals surface area contributed by atoms with E-state index < -0.39 is 9.84 Å². The van der Waals surface area contributed by atoms with Gasteiger partial charge in [-0.2, -0.15) is 0 Å². The summed E-state index contributed by atoms with van der Waals surface area (Å²) in [4.78, 5) is 16.0. The van der Waals surface area contributed by atoms with E-state index in [2.05, 4.69) is 11.4 Å². The quantitative estimate of drug-likeness (QED) is 0.837. The molecule has 3 rings (SSSR count). The van der Waals surface area contributed by atoms with E-state index >= 15 is 0 Å². The Morgan fingerprint density at radius 1 is 1.25 bits per heavy atom. The highest BCUT2D eigenvalue weighted by atomic mass is 32.2. The zero-order valence-electron chi connectivity index (χ0n) is 13.9. The minimum atomic E-state index is -3.42. The van der Waals surface area contributed by atoms with Crippen molar-refractivity contribution in [2.45, 2.75) is 37.6 Å². The molecule has 1 aliphatic heterocycles. The first-order valence-corrected chi connectivity index (χ1v) is 10.6. The molecule has 4 nitrogen and oxygen atoms in total. The normalized spacial score (nSPS) is 17.6. The molecule has 0 aliphatic carbocycles. The summed E-state index contributed by atoms with van der Waals surface area (Å²) in [6.45, 7) is 4.59. The van der Waals surface area contributed by atoms with Crippen LogP contribution >= 0.6 is 11.3 Å². The van der Waals surface area contributed by atoms with Crippen LogP contribution in [0, 0.1) is 6.92 Å². The van der Waals surface area contributed by atoms with Crippen LogP contribution in [0.2, 0.25) is 0 Å². The Balaban J connectivity index is 1.66. The molecule has 1 aromatic carbocycles. The van der Waals surface area contributed by atoms with Crippen LogP contribution < -0.4 is 0 Å². The summed E-state index contributed by atoms with van der Waals surface area (Å²) in [6.07, 6.45) is 0.883. The van der Waals surface area contributed by atoms with E-state index in [-0.39, 0.29) is 29.0 Å². The van der Waals surface area contributed by atoms with Crippen LogP contribution in [0.4, 0.5) is 0 Å². The lowest BCUT2D eigenvalue weighted by molar-refractivity contribution is -0.133. The second kappa shape index (κ2) is 6.69. The average Bonchev–Trinajstić information content (AvgIpc) is 3.03. The van der Waals surface area contributed by atoms with Crippen LogP contribution in [-0.4, -0.2) is 31.5 Å². The summed E-state index contributed by atoms with van der Waals surface area (Å²) in [5.74, 6) is -0.232. The number of benzene rings is 1. The number of aryl methyl sites for hydroxylation is 1. The molecule has 0 unspecified atom stereocenters. The summed E-state index contributed by atoms with van der Waals surface area (Å²) in [6, 6.07) is 8.85. The van der Waals surface area contributed by atoms with E-state index in [4.69, 9.17) is 0 Å². The van der Waals surface area contributed by atoms with Crippen molar-refractivity contribution >= 4 is 27.1 Å². The molecule has 0 saturated heterocycles. The summed E-state index contributed by atoms with van der Waals surface area (Å²) < 4.78 is 24.8. The van der Waals surface area contributed by atoms with Crippen LogP contribution in [0.15, 0.2) is 40.6 Å². The van der Waals surface area contributed by atoms with Gasteiger partial charge in [0.2, 0.25) is 5.91 Å². The molecule has 0 fully saturated rings. The first kappa shape index (κ1) is 17.2. The second-order valence-electron chi connectivity index (χ2n) is 6.19. The summed E-state index contributed by atoms with van der Waals surface area (Å²) in [7, 11) is -3.42. The first-order valence-electron chi connectivity index (χ1n) is 8.03. The zero-order chi connectivity index (χ0) is 17.3. The number of carbonyl (C=O) groups is 1. The number of amides is 1. The molecule has 128 valence electrons. The predicted octanol–water partition coefficient (Wildman–Crippen LogP) is 3.37. The third-order valence-corrected chi connectivity index (χ3v) is 7.29. The number of nitrogens with zero attached hydrogens (tertiary/aromatic N) is 1. The third kappa shape index (κ3) is 3.39. The van der Waals surface area contributed by atoms with E-state index in [0.717, 1.165) is 12.0 Å². The molecule has 0 spiro atoms. The van der Waals surface area contributed by atoms with Crippen molar-refractivity contribution in [1.29, 1.82) is 0 Å². The van der Waals surface area contributed by atoms with Crippen molar-refractivity contribution < 1.29 is 13.2 Å². The van der Waals surface area contributed by atoms with E-state index in [1.54, 1.807) is 40.5 Å². The Labute approximate surface area is 147 Å². The summed E-state index contributed by atoms with van der Waals surface area (Å²) in [5, 5.41) is 2.05. The fourth-order valence-electron chi connectivity index (χ4n) is 3.08. The Bertz CT molecular complexity index is 837. The lowest BCUT2D eigenvalue weighted by Gasteiger charge is -2.33. The van der Waals surface area contributed by atoms with Gasteiger partial charge in [-0.1, -0.05) is 17.7 Å². The summed E-state index contributed by atoms with van der Waals surface area (Å²) in [5.41, 5.74) is 2.21. The number of hydrogen-bond acceptors (Lipinski definition) is 4. The van der Waals surface area contributed by atoms with Gasteiger partial charge in [0.1, 0.15) is 0 Å². The largest absolute Gasteiger partial charge is 0.336 e. The molecular formula is C18H21NO3S2. The van der Waals surface area contributed by atoms with E-state index in [0.29, 0.717) is 6.54 Å². The monoisotopic (exact) mass is 363 g/mol. The van der Waals surface area contributed by atoms with E-state index in [9.17, 15) is 13.2 Å². The molecule has 0 radical (unpaired) electrons. The van der Waals surface area contributed by atoms with Crippen LogP contribution in [0.5, 0.6) is 0 Å². The molecule has 2 aromatic rings. The van der Waals surface area contributed by atoms with Crippen LogP contribution in [0.3, 0.4) is 0 Å². The highest BCUT2D eigenvalue weighted by molar-refractivity contribution is 7.91. The molecule has 24 heavy (non-hydrogen) atoms. The number of rotatable bonds is 4. The van der Waals surface area contributed by atoms with Crippen molar-refractivity contribution in [2.75, 3.05) is 12.3 Å². The van der Waals surface area contributed by atoms with Gasteiger partial charge in [0, 0.05) is 17.8 Å². The molecule has 0 N–H and O–H groups in total. The maximum Gasteiger partial charge on any atom is 0.224 e. The van der Waals surface area contributed by atoms with Gasteiger partial charge >= 0.3 is 0 Å². The van der Waals surface area contributed by atoms with Crippen molar-refractivity contribution in [3.8, 4) is 0 Å². The lowest BCUT2D eigenvalue weighted by Crippen LogP contribution is -2.38. The van der Waals surface area contributed by atoms with Gasteiger partial charge in [0.05, 0.1) is 16.7 Å². The third-order valence-electron chi connectivity index (χ3n) is 4.56. The molecular weight excluding hydrogens is 342 g/mol. The Kier molecular flexibility index (Phi) is 4.78. The molecule has 2 heterocycles. The van der Waals surface area contributed by atoms with Gasteiger partial charge in [-0.3, -0.25) is 4.79 Å². The van der Waals surface area contributed by atoms with Crippen LogP contribution in [0.1, 0.15) is 35.4 Å². The van der Waals surface area contributed by atoms with E-state index in [1.807, 2.05) is 13.8 Å². The van der Waals surface area contributed by atoms with Crippen molar-refractivity contribution in [1.82, 2.24) is 4.90 Å². The minimum absolute atomic E-state index is 0.0228. The fourth-order valence-corrected chi connectivity index (χ4v) is 5.27. The molecule has 0 saturated carbocycles.